The highest BCUT2D eigenvalue weighted by molar-refractivity contribution is 7.90. The molecule has 2 aromatic rings. The molecular weight excluding hydrogens is 709 g/mol. The van der Waals surface area contributed by atoms with Gasteiger partial charge in [-0.3, -0.25) is 9.59 Å². The van der Waals surface area contributed by atoms with Crippen molar-refractivity contribution in [2.24, 2.45) is 0 Å². The van der Waals surface area contributed by atoms with E-state index in [1.54, 1.807) is 21.1 Å². The monoisotopic (exact) mass is 758 g/mol. The van der Waals surface area contributed by atoms with Crippen LogP contribution in [0.4, 0.5) is 21.0 Å². The zero-order valence-corrected chi connectivity index (χ0v) is 31.9. The maximum Gasteiger partial charge on any atom is 0.332 e. The Bertz CT molecular complexity index is 1880. The van der Waals surface area contributed by atoms with E-state index in [0.29, 0.717) is 13.0 Å². The molecule has 4 aliphatic rings. The number of hydrogen-bond donors (Lipinski definition) is 4. The van der Waals surface area contributed by atoms with Gasteiger partial charge in [0.1, 0.15) is 0 Å². The molecule has 0 saturated heterocycles. The Balaban J connectivity index is 0.000000201. The van der Waals surface area contributed by atoms with Crippen molar-refractivity contribution in [3.8, 4) is 0 Å². The van der Waals surface area contributed by atoms with Gasteiger partial charge >= 0.3 is 12.1 Å². The Hall–Kier alpha value is -4.18. The Morgan fingerprint density at radius 2 is 1.02 bits per heavy atom. The standard InChI is InChI=1S/2C18H25N3O4S/c1-21(2)16(22)9-10-26(24,25)20-18(23)19-17-14-7-3-5-12(14)11-13-6-4-8-15(13)17;1-21(12-22)9-4-10-26(24,25)20-18(23)19-17-15-7-2-5-13(15)11-14-6-3-8-16(14)17/h11H,3-10H2,1-2H3,(H2,19,20,23);11-12H,2-10H2,1H3,(H2,19,20,23). The lowest BCUT2D eigenvalue weighted by molar-refractivity contribution is -0.128. The summed E-state index contributed by atoms with van der Waals surface area (Å²) in [7, 11) is -2.90. The largest absolute Gasteiger partial charge is 0.349 e. The van der Waals surface area contributed by atoms with E-state index in [-0.39, 0.29) is 24.5 Å². The molecule has 2 aromatic carbocycles. The molecule has 0 heterocycles. The van der Waals surface area contributed by atoms with Crippen molar-refractivity contribution in [3.63, 3.8) is 0 Å². The van der Waals surface area contributed by atoms with Crippen molar-refractivity contribution < 1.29 is 36.0 Å². The number of fused-ring (bicyclic) bond motifs is 4. The van der Waals surface area contributed by atoms with Crippen molar-refractivity contribution in [2.45, 2.75) is 89.9 Å². The zero-order valence-electron chi connectivity index (χ0n) is 30.2. The second-order valence-corrected chi connectivity index (χ2v) is 17.9. The number of aryl methyl sites for hydroxylation is 4. The van der Waals surface area contributed by atoms with Crippen LogP contribution in [0, 0.1) is 0 Å². The lowest BCUT2D eigenvalue weighted by Gasteiger charge is -2.17. The minimum atomic E-state index is -3.87. The number of carbonyl (C=O) groups excluding carboxylic acids is 4. The van der Waals surface area contributed by atoms with Crippen LogP contribution in [-0.4, -0.2) is 90.2 Å². The maximum absolute atomic E-state index is 12.3. The number of hydrogen-bond acceptors (Lipinski definition) is 8. The summed E-state index contributed by atoms with van der Waals surface area (Å²) >= 11 is 0. The minimum absolute atomic E-state index is 0.161. The van der Waals surface area contributed by atoms with E-state index in [2.05, 4.69) is 27.5 Å². The molecule has 0 radical (unpaired) electrons. The number of anilines is 2. The van der Waals surface area contributed by atoms with Gasteiger partial charge in [0.2, 0.25) is 32.4 Å². The SMILES string of the molecule is CN(C)C(=O)CCS(=O)(=O)NC(=O)Nc1c2c(cc3c1CCC3)CCC2.CN(C=O)CCCS(=O)(=O)NC(=O)Nc1c2c(cc3c1CCC3)CCC2. The first kappa shape index (κ1) is 39.0. The molecule has 0 bridgehead atoms. The molecule has 0 atom stereocenters. The van der Waals surface area contributed by atoms with Crippen LogP contribution in [0.2, 0.25) is 0 Å². The van der Waals surface area contributed by atoms with E-state index in [4.69, 9.17) is 0 Å². The number of benzene rings is 2. The van der Waals surface area contributed by atoms with Gasteiger partial charge in [0, 0.05) is 45.5 Å². The molecule has 52 heavy (non-hydrogen) atoms. The number of rotatable bonds is 12. The van der Waals surface area contributed by atoms with Crippen molar-refractivity contribution in [1.82, 2.24) is 19.2 Å². The van der Waals surface area contributed by atoms with E-state index in [1.165, 1.54) is 32.1 Å². The van der Waals surface area contributed by atoms with Crippen molar-refractivity contribution in [3.05, 3.63) is 56.6 Å². The van der Waals surface area contributed by atoms with E-state index in [0.717, 1.165) is 111 Å². The van der Waals surface area contributed by atoms with Crippen molar-refractivity contribution in [2.75, 3.05) is 49.8 Å². The molecule has 0 saturated carbocycles. The molecule has 0 fully saturated rings. The average molecular weight is 759 g/mol. The second kappa shape index (κ2) is 16.7. The number of urea groups is 2. The third-order valence-electron chi connectivity index (χ3n) is 10.1. The first-order valence-electron chi connectivity index (χ1n) is 18.0. The molecule has 16 heteroatoms. The van der Waals surface area contributed by atoms with Crippen LogP contribution in [0.5, 0.6) is 0 Å². The molecule has 0 spiro atoms. The summed E-state index contributed by atoms with van der Waals surface area (Å²) in [6, 6.07) is 3.05. The molecule has 0 aliphatic heterocycles. The number of nitrogens with zero attached hydrogens (tertiary/aromatic N) is 2. The highest BCUT2D eigenvalue weighted by Gasteiger charge is 2.28. The van der Waals surface area contributed by atoms with Crippen LogP contribution in [0.25, 0.3) is 0 Å². The lowest BCUT2D eigenvalue weighted by Crippen LogP contribution is -2.37. The molecule has 6 amide bonds. The summed E-state index contributed by atoms with van der Waals surface area (Å²) in [5, 5.41) is 5.60. The molecule has 4 N–H and O–H groups in total. The molecule has 4 aliphatic carbocycles. The van der Waals surface area contributed by atoms with Gasteiger partial charge in [-0.1, -0.05) is 12.1 Å². The Morgan fingerprint density at radius 3 is 1.38 bits per heavy atom. The summed E-state index contributed by atoms with van der Waals surface area (Å²) in [6.07, 6.45) is 12.7. The number of amides is 6. The van der Waals surface area contributed by atoms with Crippen LogP contribution in [0.3, 0.4) is 0 Å². The van der Waals surface area contributed by atoms with Gasteiger partial charge in [-0.15, -0.1) is 0 Å². The third kappa shape index (κ3) is 9.82. The van der Waals surface area contributed by atoms with Crippen LogP contribution in [0.15, 0.2) is 12.1 Å². The maximum atomic E-state index is 12.3. The minimum Gasteiger partial charge on any atom is -0.349 e. The van der Waals surface area contributed by atoms with Crippen LogP contribution in [0.1, 0.15) is 83.0 Å². The summed E-state index contributed by atoms with van der Waals surface area (Å²) in [5.74, 6) is -0.916. The molecule has 14 nitrogen and oxygen atoms in total. The normalized spacial score (nSPS) is 15.3. The van der Waals surface area contributed by atoms with Gasteiger partial charge in [-0.2, -0.15) is 0 Å². The predicted octanol–water partition coefficient (Wildman–Crippen LogP) is 3.19. The van der Waals surface area contributed by atoms with E-state index in [1.807, 2.05) is 4.72 Å². The summed E-state index contributed by atoms with van der Waals surface area (Å²) in [4.78, 5) is 49.4. The fourth-order valence-electron chi connectivity index (χ4n) is 7.60. The highest BCUT2D eigenvalue weighted by atomic mass is 32.2. The average Bonchev–Trinajstić information content (AvgIpc) is 3.90. The van der Waals surface area contributed by atoms with E-state index >= 15 is 0 Å². The molecule has 284 valence electrons. The summed E-state index contributed by atoms with van der Waals surface area (Å²) in [5.41, 5.74) is 11.3. The van der Waals surface area contributed by atoms with E-state index < -0.39 is 37.9 Å². The quantitative estimate of drug-likeness (QED) is 0.237. The van der Waals surface area contributed by atoms with Gasteiger partial charge in [0.05, 0.1) is 11.5 Å². The van der Waals surface area contributed by atoms with Crippen molar-refractivity contribution in [1.29, 1.82) is 0 Å². The molecule has 0 unspecified atom stereocenters. The van der Waals surface area contributed by atoms with Gasteiger partial charge < -0.3 is 20.4 Å². The molecule has 0 aromatic heterocycles. The topological polar surface area (TPSA) is 191 Å². The van der Waals surface area contributed by atoms with Gasteiger partial charge in [0.15, 0.2) is 0 Å². The van der Waals surface area contributed by atoms with E-state index in [9.17, 15) is 36.0 Å². The van der Waals surface area contributed by atoms with Crippen LogP contribution in [-0.2, 0) is 81.0 Å². The van der Waals surface area contributed by atoms with Crippen LogP contribution >= 0.6 is 0 Å². The fraction of sp³-hybridized carbons (Fsp3) is 0.556. The number of carbonyl (C=O) groups is 4. The molecule has 6 rings (SSSR count). The van der Waals surface area contributed by atoms with Crippen LogP contribution < -0.4 is 20.1 Å². The first-order chi connectivity index (χ1) is 24.7. The third-order valence-corrected chi connectivity index (χ3v) is 12.7. The fourth-order valence-corrected chi connectivity index (χ4v) is 9.42. The molecular formula is C36H50N6O8S2. The van der Waals surface area contributed by atoms with Gasteiger partial charge in [0.25, 0.3) is 0 Å². The highest BCUT2D eigenvalue weighted by Crippen LogP contribution is 2.39. The van der Waals surface area contributed by atoms with Gasteiger partial charge in [-0.25, -0.2) is 35.9 Å². The smallest absolute Gasteiger partial charge is 0.332 e. The number of sulfonamides is 2. The Kier molecular flexibility index (Phi) is 12.5. The number of nitrogens with one attached hydrogen (secondary N) is 4. The van der Waals surface area contributed by atoms with Crippen molar-refractivity contribution >= 4 is 55.8 Å². The Morgan fingerprint density at radius 1 is 0.635 bits per heavy atom. The predicted molar refractivity (Wildman–Crippen MR) is 199 cm³/mol. The zero-order chi connectivity index (χ0) is 37.6. The first-order valence-corrected chi connectivity index (χ1v) is 21.3. The second-order valence-electron chi connectivity index (χ2n) is 14.2. The Labute approximate surface area is 306 Å². The lowest BCUT2D eigenvalue weighted by atomic mass is 9.99. The summed E-state index contributed by atoms with van der Waals surface area (Å²) in [6.45, 7) is 0.325. The van der Waals surface area contributed by atoms with Gasteiger partial charge in [-0.05, 0) is 128 Å². The summed E-state index contributed by atoms with van der Waals surface area (Å²) < 4.78 is 52.5.